The van der Waals surface area contributed by atoms with Crippen LogP contribution in [-0.2, 0) is 14.4 Å². The molecule has 0 aromatic heterocycles. The minimum atomic E-state index is -0.931. The van der Waals surface area contributed by atoms with E-state index in [-0.39, 0.29) is 46.9 Å². The zero-order valence-corrected chi connectivity index (χ0v) is 27.0. The Morgan fingerprint density at radius 2 is 0.811 bits per heavy atom. The van der Waals surface area contributed by atoms with Crippen molar-refractivity contribution in [3.63, 3.8) is 0 Å². The first-order valence-corrected chi connectivity index (χ1v) is 14.3. The van der Waals surface area contributed by atoms with E-state index in [0.717, 1.165) is 83.5 Å². The van der Waals surface area contributed by atoms with Gasteiger partial charge in [0.2, 0.25) is 0 Å². The molecule has 0 aromatic carbocycles. The van der Waals surface area contributed by atoms with Gasteiger partial charge in [-0.1, -0.05) is 127 Å². The predicted molar refractivity (Wildman–Crippen MR) is 143 cm³/mol. The van der Waals surface area contributed by atoms with Gasteiger partial charge in [0.15, 0.2) is 0 Å². The molecular weight excluding hydrogens is 629 g/mol. The molecule has 0 aliphatic rings. The molecule has 0 aromatic rings. The van der Waals surface area contributed by atoms with Gasteiger partial charge in [-0.05, 0) is 32.1 Å². The Hall–Kier alpha value is -0.0705. The fraction of sp³-hybridized carbons (Fsp3) is 0.900. The Kier molecular flexibility index (Phi) is 29.6. The van der Waals surface area contributed by atoms with Gasteiger partial charge >= 0.3 is 46.9 Å². The minimum Gasteiger partial charge on any atom is -0.550 e. The first-order valence-electron chi connectivity index (χ1n) is 14.3. The molecule has 0 saturated carbocycles. The molecule has 0 heterocycles. The second-order valence-electron chi connectivity index (χ2n) is 11.4. The standard InChI is InChI=1S/3C10H20O2.Yb/c1-4-5-6-7-8-10(2,3)9(11)12;2*1-4-6-8-10(3,7-5-2)9(11)12;/h3*4-8H2,1-3H3,(H,11,12);/q;;;+3/p-3. The second kappa shape index (κ2) is 24.9. The Morgan fingerprint density at radius 1 is 0.459 bits per heavy atom. The smallest absolute Gasteiger partial charge is 0.550 e. The van der Waals surface area contributed by atoms with E-state index in [9.17, 15) is 29.7 Å². The Bertz CT molecular complexity index is 559. The summed E-state index contributed by atoms with van der Waals surface area (Å²) in [6, 6.07) is 0. The molecule has 37 heavy (non-hydrogen) atoms. The van der Waals surface area contributed by atoms with E-state index in [1.54, 1.807) is 27.7 Å². The average Bonchev–Trinajstić information content (AvgIpc) is 2.80. The van der Waals surface area contributed by atoms with Gasteiger partial charge in [-0.2, -0.15) is 0 Å². The number of unbranched alkanes of at least 4 members (excludes halogenated alkanes) is 5. The molecule has 0 rings (SSSR count). The topological polar surface area (TPSA) is 120 Å². The van der Waals surface area contributed by atoms with Crippen LogP contribution in [0.15, 0.2) is 0 Å². The van der Waals surface area contributed by atoms with E-state index in [1.165, 1.54) is 12.8 Å². The Morgan fingerprint density at radius 3 is 1.05 bits per heavy atom. The maximum atomic E-state index is 10.8. The first kappa shape index (κ1) is 44.0. The number of carboxylic acids is 3. The van der Waals surface area contributed by atoms with Crippen LogP contribution in [0.1, 0.15) is 159 Å². The van der Waals surface area contributed by atoms with Crippen molar-refractivity contribution in [2.45, 2.75) is 159 Å². The van der Waals surface area contributed by atoms with Crippen molar-refractivity contribution in [2.75, 3.05) is 0 Å². The molecule has 0 aliphatic carbocycles. The molecule has 6 nitrogen and oxygen atoms in total. The summed E-state index contributed by atoms with van der Waals surface area (Å²) in [7, 11) is 0. The predicted octanol–water partition coefficient (Wildman–Crippen LogP) is 5.20. The third-order valence-electron chi connectivity index (χ3n) is 6.96. The fourth-order valence-corrected chi connectivity index (χ4v) is 3.99. The number of hydrogen-bond acceptors (Lipinski definition) is 6. The molecule has 0 spiro atoms. The van der Waals surface area contributed by atoms with Gasteiger partial charge in [0.1, 0.15) is 0 Å². The van der Waals surface area contributed by atoms with E-state index in [2.05, 4.69) is 20.8 Å². The van der Waals surface area contributed by atoms with Crippen molar-refractivity contribution in [3.05, 3.63) is 0 Å². The molecule has 0 amide bonds. The van der Waals surface area contributed by atoms with Crippen LogP contribution >= 0.6 is 0 Å². The summed E-state index contributed by atoms with van der Waals surface area (Å²) in [5, 5.41) is 32.2. The van der Waals surface area contributed by atoms with Gasteiger partial charge in [-0.3, -0.25) is 0 Å². The quantitative estimate of drug-likeness (QED) is 0.183. The van der Waals surface area contributed by atoms with Crippen molar-refractivity contribution in [1.82, 2.24) is 0 Å². The van der Waals surface area contributed by atoms with E-state index in [1.807, 2.05) is 13.8 Å². The molecule has 1 radical (unpaired) electrons. The van der Waals surface area contributed by atoms with Gasteiger partial charge in [0.25, 0.3) is 0 Å². The van der Waals surface area contributed by atoms with E-state index < -0.39 is 34.2 Å². The number of aliphatic carboxylic acids is 3. The zero-order valence-electron chi connectivity index (χ0n) is 25.3. The monoisotopic (exact) mass is 687 g/mol. The van der Waals surface area contributed by atoms with Crippen LogP contribution < -0.4 is 15.3 Å². The molecular formula is C30H57O6Yb. The van der Waals surface area contributed by atoms with E-state index >= 15 is 0 Å². The van der Waals surface area contributed by atoms with Crippen LogP contribution in [0.3, 0.4) is 0 Å². The molecule has 0 aliphatic heterocycles. The summed E-state index contributed by atoms with van der Waals surface area (Å²) in [6.45, 7) is 17.3. The summed E-state index contributed by atoms with van der Waals surface area (Å²) in [4.78, 5) is 32.2. The van der Waals surface area contributed by atoms with Crippen LogP contribution in [0.5, 0.6) is 0 Å². The molecule has 0 saturated heterocycles. The number of carbonyl (C=O) groups excluding carboxylic acids is 3. The number of hydrogen-bond donors (Lipinski definition) is 0. The second-order valence-corrected chi connectivity index (χ2v) is 11.4. The molecule has 7 heteroatoms. The average molecular weight is 687 g/mol. The van der Waals surface area contributed by atoms with Gasteiger partial charge in [0, 0.05) is 34.2 Å². The Balaban J connectivity index is -0.000000218. The molecule has 2 unspecified atom stereocenters. The van der Waals surface area contributed by atoms with Gasteiger partial charge in [-0.25, -0.2) is 0 Å². The van der Waals surface area contributed by atoms with Gasteiger partial charge in [-0.15, -0.1) is 0 Å². The summed E-state index contributed by atoms with van der Waals surface area (Å²) >= 11 is 0. The number of carboxylic acid groups (broad SMARTS) is 3. The summed E-state index contributed by atoms with van der Waals surface area (Å²) in [6.07, 6.45) is 14.1. The van der Waals surface area contributed by atoms with E-state index in [4.69, 9.17) is 0 Å². The summed E-state index contributed by atoms with van der Waals surface area (Å²) in [5.74, 6) is -2.71. The first-order chi connectivity index (χ1) is 16.6. The number of carbonyl (C=O) groups is 3. The van der Waals surface area contributed by atoms with Crippen molar-refractivity contribution < 1.29 is 76.6 Å². The van der Waals surface area contributed by atoms with Crippen molar-refractivity contribution >= 4 is 17.9 Å². The van der Waals surface area contributed by atoms with Crippen LogP contribution in [0, 0.1) is 63.2 Å². The number of rotatable bonds is 18. The molecule has 0 bridgehead atoms. The SMILES string of the molecule is CCCCC(C)(CCC)C(=O)[O-].CCCCC(C)(CCC)C(=O)[O-].CCCCCCC(C)(C)C(=O)[O-].[Yb+3]. The fourth-order valence-electron chi connectivity index (χ4n) is 3.99. The third kappa shape index (κ3) is 22.4. The molecule has 227 valence electrons. The molecule has 2 atom stereocenters. The largest absolute Gasteiger partial charge is 3.00 e. The van der Waals surface area contributed by atoms with Crippen molar-refractivity contribution in [1.29, 1.82) is 0 Å². The van der Waals surface area contributed by atoms with Crippen molar-refractivity contribution in [2.24, 2.45) is 16.2 Å². The zero-order chi connectivity index (χ0) is 28.8. The normalized spacial score (nSPS) is 13.9. The van der Waals surface area contributed by atoms with Crippen LogP contribution in [0.25, 0.3) is 0 Å². The summed E-state index contributed by atoms with van der Waals surface area (Å²) in [5.41, 5.74) is -1.83. The van der Waals surface area contributed by atoms with Gasteiger partial charge < -0.3 is 29.7 Å². The van der Waals surface area contributed by atoms with Gasteiger partial charge in [0.05, 0.1) is 0 Å². The summed E-state index contributed by atoms with van der Waals surface area (Å²) < 4.78 is 0. The van der Waals surface area contributed by atoms with E-state index in [0.29, 0.717) is 0 Å². The molecule has 0 fully saturated rings. The van der Waals surface area contributed by atoms with Crippen LogP contribution in [0.2, 0.25) is 0 Å². The van der Waals surface area contributed by atoms with Crippen LogP contribution in [-0.4, -0.2) is 17.9 Å². The third-order valence-corrected chi connectivity index (χ3v) is 6.96. The van der Waals surface area contributed by atoms with Crippen molar-refractivity contribution in [3.8, 4) is 0 Å². The van der Waals surface area contributed by atoms with Crippen LogP contribution in [0.4, 0.5) is 0 Å². The molecule has 0 N–H and O–H groups in total. The maximum Gasteiger partial charge on any atom is 3.00 e. The maximum absolute atomic E-state index is 10.8. The minimum absolute atomic E-state index is 0. The Labute approximate surface area is 267 Å².